The maximum absolute atomic E-state index is 13.3. The molecule has 0 unspecified atom stereocenters. The minimum Gasteiger partial charge on any atom is -0.368 e. The van der Waals surface area contributed by atoms with Crippen molar-refractivity contribution in [2.75, 3.05) is 31.1 Å². The van der Waals surface area contributed by atoms with Crippen LogP contribution in [0.1, 0.15) is 11.3 Å². The summed E-state index contributed by atoms with van der Waals surface area (Å²) in [7, 11) is -4.03. The Kier molecular flexibility index (Phi) is 6.56. The van der Waals surface area contributed by atoms with Crippen LogP contribution < -0.4 is 10.5 Å². The van der Waals surface area contributed by atoms with Crippen molar-refractivity contribution in [3.8, 4) is 0 Å². The van der Waals surface area contributed by atoms with Crippen LogP contribution in [-0.2, 0) is 21.2 Å². The van der Waals surface area contributed by atoms with Gasteiger partial charge in [-0.25, -0.2) is 12.8 Å². The average molecular weight is 484 g/mol. The Morgan fingerprint density at radius 3 is 2.18 bits per heavy atom. The van der Waals surface area contributed by atoms with E-state index in [2.05, 4.69) is 4.90 Å². The van der Waals surface area contributed by atoms with E-state index in [0.29, 0.717) is 37.4 Å². The molecule has 0 saturated carbocycles. The molecule has 1 aromatic heterocycles. The van der Waals surface area contributed by atoms with Crippen molar-refractivity contribution in [1.82, 2.24) is 9.47 Å². The summed E-state index contributed by atoms with van der Waals surface area (Å²) in [5.74, 6) is -0.555. The van der Waals surface area contributed by atoms with Crippen molar-refractivity contribution in [2.45, 2.75) is 30.2 Å². The van der Waals surface area contributed by atoms with E-state index in [0.717, 1.165) is 5.69 Å². The lowest BCUT2D eigenvalue weighted by Gasteiger charge is -2.36. The van der Waals surface area contributed by atoms with E-state index in [9.17, 15) is 22.4 Å². The van der Waals surface area contributed by atoms with Crippen molar-refractivity contribution in [2.24, 2.45) is 0 Å². The number of pyridine rings is 1. The van der Waals surface area contributed by atoms with Crippen molar-refractivity contribution in [3.05, 3.63) is 88.1 Å². The van der Waals surface area contributed by atoms with Gasteiger partial charge >= 0.3 is 0 Å². The predicted octanol–water partition coefficient (Wildman–Crippen LogP) is 2.79. The number of amides is 1. The molecule has 1 amide bonds. The van der Waals surface area contributed by atoms with Crippen LogP contribution in [0.3, 0.4) is 0 Å². The smallest absolute Gasteiger partial charge is 0.270 e. The summed E-state index contributed by atoms with van der Waals surface area (Å²) >= 11 is 0. The van der Waals surface area contributed by atoms with E-state index in [-0.39, 0.29) is 28.1 Å². The number of halogens is 1. The van der Waals surface area contributed by atoms with Gasteiger partial charge in [-0.1, -0.05) is 18.2 Å². The highest BCUT2D eigenvalue weighted by Crippen LogP contribution is 2.22. The molecule has 1 fully saturated rings. The zero-order valence-corrected chi connectivity index (χ0v) is 19.9. The van der Waals surface area contributed by atoms with Gasteiger partial charge in [0.15, 0.2) is 0 Å². The van der Waals surface area contributed by atoms with Crippen molar-refractivity contribution in [1.29, 1.82) is 0 Å². The van der Waals surface area contributed by atoms with Gasteiger partial charge in [0.1, 0.15) is 17.3 Å². The van der Waals surface area contributed by atoms with Gasteiger partial charge in [-0.05, 0) is 61.9 Å². The number of carbonyl (C=O) groups is 1. The molecule has 0 bridgehead atoms. The van der Waals surface area contributed by atoms with Gasteiger partial charge in [0, 0.05) is 37.6 Å². The molecular weight excluding hydrogens is 457 g/mol. The molecule has 178 valence electrons. The van der Waals surface area contributed by atoms with Crippen molar-refractivity contribution < 1.29 is 17.6 Å². The molecule has 0 spiro atoms. The quantitative estimate of drug-likeness (QED) is 0.558. The Balaban J connectivity index is 1.54. The molecule has 2 heterocycles. The number of hydrogen-bond donors (Lipinski definition) is 0. The first-order chi connectivity index (χ1) is 16.2. The minimum absolute atomic E-state index is 0.0360. The number of hydrogen-bond acceptors (Lipinski definition) is 5. The van der Waals surface area contributed by atoms with Crippen molar-refractivity contribution >= 4 is 21.4 Å². The highest BCUT2D eigenvalue weighted by atomic mass is 32.2. The standard InChI is InChI=1S/C25H26FN3O4S/c1-18-16-19(2)29(25(31)24(18)34(32,33)22-6-4-3-5-7-22)17-23(30)28-14-12-27(13-15-28)21-10-8-20(26)9-11-21/h3-11,16H,12-15,17H2,1-2H3. The third-order valence-electron chi connectivity index (χ3n) is 6.09. The van der Waals surface area contributed by atoms with Gasteiger partial charge in [-0.2, -0.15) is 0 Å². The predicted molar refractivity (Wildman–Crippen MR) is 127 cm³/mol. The second kappa shape index (κ2) is 9.42. The van der Waals surface area contributed by atoms with E-state index in [4.69, 9.17) is 0 Å². The Hall–Kier alpha value is -3.46. The first kappa shape index (κ1) is 23.7. The maximum atomic E-state index is 13.3. The van der Waals surface area contributed by atoms with E-state index < -0.39 is 15.4 Å². The number of anilines is 1. The molecular formula is C25H26FN3O4S. The van der Waals surface area contributed by atoms with E-state index in [1.165, 1.54) is 28.8 Å². The molecule has 4 rings (SSSR count). The second-order valence-electron chi connectivity index (χ2n) is 8.35. The Morgan fingerprint density at radius 2 is 1.56 bits per heavy atom. The Bertz CT molecular complexity index is 1360. The van der Waals surface area contributed by atoms with Gasteiger partial charge in [0.25, 0.3) is 5.56 Å². The third kappa shape index (κ3) is 4.61. The number of aromatic nitrogens is 1. The minimum atomic E-state index is -4.03. The fourth-order valence-electron chi connectivity index (χ4n) is 4.25. The second-order valence-corrected chi connectivity index (χ2v) is 10.2. The number of nitrogens with zero attached hydrogens (tertiary/aromatic N) is 3. The number of sulfone groups is 1. The van der Waals surface area contributed by atoms with Crippen LogP contribution in [0.5, 0.6) is 0 Å². The normalized spacial score (nSPS) is 14.3. The Labute approximate surface area is 198 Å². The highest BCUT2D eigenvalue weighted by Gasteiger charge is 2.27. The van der Waals surface area contributed by atoms with Gasteiger partial charge in [-0.15, -0.1) is 0 Å². The molecule has 0 radical (unpaired) electrons. The van der Waals surface area contributed by atoms with E-state index in [1.807, 2.05) is 0 Å². The summed E-state index contributed by atoms with van der Waals surface area (Å²) in [6.45, 7) is 5.09. The van der Waals surface area contributed by atoms with Crippen LogP contribution in [0, 0.1) is 19.7 Å². The third-order valence-corrected chi connectivity index (χ3v) is 8.02. The molecule has 34 heavy (non-hydrogen) atoms. The summed E-state index contributed by atoms with van der Waals surface area (Å²) in [6.07, 6.45) is 0. The van der Waals surface area contributed by atoms with E-state index >= 15 is 0 Å². The number of benzene rings is 2. The summed E-state index contributed by atoms with van der Waals surface area (Å²) < 4.78 is 40.8. The summed E-state index contributed by atoms with van der Waals surface area (Å²) in [4.78, 5) is 29.8. The SMILES string of the molecule is Cc1cc(C)n(CC(=O)N2CCN(c3ccc(F)cc3)CC2)c(=O)c1S(=O)(=O)c1ccccc1. The lowest BCUT2D eigenvalue weighted by Crippen LogP contribution is -2.50. The highest BCUT2D eigenvalue weighted by molar-refractivity contribution is 7.91. The number of rotatable bonds is 5. The van der Waals surface area contributed by atoms with Crippen LogP contribution in [0.25, 0.3) is 0 Å². The number of aryl methyl sites for hydroxylation is 2. The topological polar surface area (TPSA) is 79.7 Å². The number of piperazine rings is 1. The molecule has 1 aliphatic rings. The lowest BCUT2D eigenvalue weighted by atomic mass is 10.2. The zero-order chi connectivity index (χ0) is 24.5. The fourth-order valence-corrected chi connectivity index (χ4v) is 5.82. The van der Waals surface area contributed by atoms with Crippen LogP contribution in [-0.4, -0.2) is 50.0 Å². The monoisotopic (exact) mass is 483 g/mol. The van der Waals surface area contributed by atoms with Crippen molar-refractivity contribution in [3.63, 3.8) is 0 Å². The van der Waals surface area contributed by atoms with Crippen LogP contribution in [0.2, 0.25) is 0 Å². The number of carbonyl (C=O) groups excluding carboxylic acids is 1. The van der Waals surface area contributed by atoms with Gasteiger partial charge in [0.05, 0.1) is 4.90 Å². The molecule has 0 atom stereocenters. The summed E-state index contributed by atoms with van der Waals surface area (Å²) in [5, 5.41) is 0. The van der Waals surface area contributed by atoms with Crippen LogP contribution in [0.4, 0.5) is 10.1 Å². The fraction of sp³-hybridized carbons (Fsp3) is 0.280. The first-order valence-corrected chi connectivity index (χ1v) is 12.5. The van der Waals surface area contributed by atoms with E-state index in [1.54, 1.807) is 55.1 Å². The lowest BCUT2D eigenvalue weighted by molar-refractivity contribution is -0.132. The molecule has 0 aliphatic carbocycles. The molecule has 1 aliphatic heterocycles. The maximum Gasteiger partial charge on any atom is 0.270 e. The zero-order valence-electron chi connectivity index (χ0n) is 19.1. The van der Waals surface area contributed by atoms with Crippen LogP contribution >= 0.6 is 0 Å². The molecule has 0 N–H and O–H groups in total. The van der Waals surface area contributed by atoms with Gasteiger partial charge < -0.3 is 14.4 Å². The van der Waals surface area contributed by atoms with Crippen LogP contribution in [0.15, 0.2) is 75.2 Å². The largest absolute Gasteiger partial charge is 0.368 e. The molecule has 7 nitrogen and oxygen atoms in total. The summed E-state index contributed by atoms with van der Waals surface area (Å²) in [5.41, 5.74) is 1.06. The Morgan fingerprint density at radius 1 is 0.941 bits per heavy atom. The van der Waals surface area contributed by atoms with Gasteiger partial charge in [-0.3, -0.25) is 9.59 Å². The average Bonchev–Trinajstić information content (AvgIpc) is 2.82. The van der Waals surface area contributed by atoms with Gasteiger partial charge in [0.2, 0.25) is 15.7 Å². The molecule has 1 saturated heterocycles. The molecule has 3 aromatic rings. The summed E-state index contributed by atoms with van der Waals surface area (Å²) in [6, 6.07) is 15.6. The molecule has 9 heteroatoms. The molecule has 2 aromatic carbocycles. The first-order valence-electron chi connectivity index (χ1n) is 11.0.